The number of carbonyl (C=O) groups excluding carboxylic acids is 1. The Labute approximate surface area is 124 Å². The average molecular weight is 283 g/mol. The molecule has 0 heterocycles. The average Bonchev–Trinajstić information content (AvgIpc) is 2.46. The lowest BCUT2D eigenvalue weighted by Gasteiger charge is -2.22. The van der Waals surface area contributed by atoms with Crippen LogP contribution in [-0.4, -0.2) is 11.7 Å². The first-order valence-electron chi connectivity index (χ1n) is 6.94. The molecule has 0 bridgehead atoms. The third-order valence-corrected chi connectivity index (χ3v) is 3.74. The Morgan fingerprint density at radius 1 is 1.38 bits per heavy atom. The molecule has 1 aliphatic carbocycles. The Balaban J connectivity index is 2.09. The molecule has 2 rings (SSSR count). The molecule has 0 radical (unpaired) electrons. The number of hydrogen-bond donors (Lipinski definition) is 1. The molecule has 0 unspecified atom stereocenters. The topological polar surface area (TPSA) is 64.5 Å². The van der Waals surface area contributed by atoms with E-state index in [-0.39, 0.29) is 5.56 Å². The number of hydrogen-bond acceptors (Lipinski definition) is 4. The normalized spacial score (nSPS) is 20.0. The van der Waals surface area contributed by atoms with Gasteiger partial charge in [-0.3, -0.25) is 5.43 Å². The van der Waals surface area contributed by atoms with Gasteiger partial charge in [0.25, 0.3) is 0 Å². The van der Waals surface area contributed by atoms with E-state index in [4.69, 9.17) is 0 Å². The molecular formula is C17H19N2O2-. The summed E-state index contributed by atoms with van der Waals surface area (Å²) in [7, 11) is 0. The second kappa shape index (κ2) is 6.39. The van der Waals surface area contributed by atoms with E-state index in [1.54, 1.807) is 12.1 Å². The van der Waals surface area contributed by atoms with Crippen molar-refractivity contribution in [2.24, 2.45) is 11.0 Å². The van der Waals surface area contributed by atoms with Crippen LogP contribution in [0.25, 0.3) is 0 Å². The van der Waals surface area contributed by atoms with Crippen LogP contribution in [0.1, 0.15) is 37.0 Å². The van der Waals surface area contributed by atoms with Gasteiger partial charge < -0.3 is 9.90 Å². The van der Waals surface area contributed by atoms with Gasteiger partial charge >= 0.3 is 0 Å². The van der Waals surface area contributed by atoms with E-state index in [1.807, 2.05) is 13.8 Å². The summed E-state index contributed by atoms with van der Waals surface area (Å²) >= 11 is 0. The van der Waals surface area contributed by atoms with Crippen molar-refractivity contribution in [1.82, 2.24) is 0 Å². The largest absolute Gasteiger partial charge is 0.545 e. The summed E-state index contributed by atoms with van der Waals surface area (Å²) in [6, 6.07) is 6.34. The lowest BCUT2D eigenvalue weighted by Crippen LogP contribution is -2.21. The Hall–Kier alpha value is -2.36. The van der Waals surface area contributed by atoms with E-state index in [1.165, 1.54) is 23.3 Å². The van der Waals surface area contributed by atoms with Crippen LogP contribution >= 0.6 is 0 Å². The highest BCUT2D eigenvalue weighted by atomic mass is 16.4. The van der Waals surface area contributed by atoms with Gasteiger partial charge in [0.05, 0.1) is 17.4 Å². The fourth-order valence-corrected chi connectivity index (χ4v) is 2.24. The first kappa shape index (κ1) is 15.0. The molecule has 0 spiro atoms. The number of carboxylic acid groups (broad SMARTS) is 1. The van der Waals surface area contributed by atoms with Crippen molar-refractivity contribution in [1.29, 1.82) is 0 Å². The van der Waals surface area contributed by atoms with Crippen LogP contribution in [0.5, 0.6) is 0 Å². The van der Waals surface area contributed by atoms with E-state index in [2.05, 4.69) is 23.2 Å². The third kappa shape index (κ3) is 3.81. The number of carbonyl (C=O) groups is 1. The second-order valence-corrected chi connectivity index (χ2v) is 5.41. The number of nitrogens with zero attached hydrogens (tertiary/aromatic N) is 1. The van der Waals surface area contributed by atoms with Gasteiger partial charge in [-0.05, 0) is 55.9 Å². The molecule has 0 fully saturated rings. The minimum atomic E-state index is -1.18. The molecule has 0 saturated carbocycles. The highest BCUT2D eigenvalue weighted by molar-refractivity contribution is 6.01. The zero-order valence-electron chi connectivity index (χ0n) is 12.3. The van der Waals surface area contributed by atoms with Gasteiger partial charge in [0.1, 0.15) is 0 Å². The van der Waals surface area contributed by atoms with Crippen LogP contribution in [0.3, 0.4) is 0 Å². The Morgan fingerprint density at radius 3 is 2.62 bits per heavy atom. The fourth-order valence-electron chi connectivity index (χ4n) is 2.24. The van der Waals surface area contributed by atoms with Crippen molar-refractivity contribution in [2.45, 2.75) is 26.7 Å². The number of benzene rings is 1. The maximum absolute atomic E-state index is 10.7. The van der Waals surface area contributed by atoms with Crippen LogP contribution in [-0.2, 0) is 0 Å². The van der Waals surface area contributed by atoms with Crippen molar-refractivity contribution in [3.8, 4) is 0 Å². The number of nitrogens with one attached hydrogen (secondary N) is 1. The smallest absolute Gasteiger partial charge is 0.0715 e. The molecule has 0 amide bonds. The summed E-state index contributed by atoms with van der Waals surface area (Å²) in [5.74, 6) is -0.738. The maximum Gasteiger partial charge on any atom is 0.0715 e. The molecule has 1 atom stereocenters. The SMILES string of the molecule is C=C(C)[C@H]1CC=C(C)C(=NNc2ccc(C(=O)[O-])cc2)C1. The number of carboxylic acids is 1. The molecule has 0 saturated heterocycles. The summed E-state index contributed by atoms with van der Waals surface area (Å²) in [5, 5.41) is 15.1. The third-order valence-electron chi connectivity index (χ3n) is 3.74. The predicted molar refractivity (Wildman–Crippen MR) is 83.1 cm³/mol. The van der Waals surface area contributed by atoms with Crippen LogP contribution in [0.4, 0.5) is 5.69 Å². The molecule has 0 aromatic heterocycles. The summed E-state index contributed by atoms with van der Waals surface area (Å²) in [6.45, 7) is 8.11. The lowest BCUT2D eigenvalue weighted by atomic mass is 9.85. The highest BCUT2D eigenvalue weighted by Gasteiger charge is 2.18. The highest BCUT2D eigenvalue weighted by Crippen LogP contribution is 2.26. The number of anilines is 1. The van der Waals surface area contributed by atoms with Gasteiger partial charge in [-0.25, -0.2) is 0 Å². The number of hydrazone groups is 1. The standard InChI is InChI=1S/C17H20N2O2/c1-11(2)14-5-4-12(3)16(10-14)19-18-15-8-6-13(7-9-15)17(20)21/h4,6-9,14,18H,1,5,10H2,2-3H3,(H,20,21)/p-1/t14-/m0/s1. The van der Waals surface area contributed by atoms with Gasteiger partial charge in [-0.2, -0.15) is 5.10 Å². The summed E-state index contributed by atoms with van der Waals surface area (Å²) in [5.41, 5.74) is 7.24. The second-order valence-electron chi connectivity index (χ2n) is 5.41. The molecule has 4 nitrogen and oxygen atoms in total. The first-order chi connectivity index (χ1) is 9.97. The van der Waals surface area contributed by atoms with Gasteiger partial charge in [0.2, 0.25) is 0 Å². The van der Waals surface area contributed by atoms with Crippen molar-refractivity contribution >= 4 is 17.4 Å². The van der Waals surface area contributed by atoms with Gasteiger partial charge in [0, 0.05) is 0 Å². The van der Waals surface area contributed by atoms with Gasteiger partial charge in [0.15, 0.2) is 0 Å². The summed E-state index contributed by atoms with van der Waals surface area (Å²) in [6.07, 6.45) is 4.07. The summed E-state index contributed by atoms with van der Waals surface area (Å²) in [4.78, 5) is 10.7. The molecule has 0 aliphatic heterocycles. The predicted octanol–water partition coefficient (Wildman–Crippen LogP) is 2.75. The molecule has 4 heteroatoms. The summed E-state index contributed by atoms with van der Waals surface area (Å²) < 4.78 is 0. The minimum Gasteiger partial charge on any atom is -0.545 e. The molecular weight excluding hydrogens is 264 g/mol. The molecule has 1 N–H and O–H groups in total. The lowest BCUT2D eigenvalue weighted by molar-refractivity contribution is -0.255. The van der Waals surface area contributed by atoms with Crippen LogP contribution in [0.15, 0.2) is 53.2 Å². The van der Waals surface area contributed by atoms with Crippen molar-refractivity contribution in [2.75, 3.05) is 5.43 Å². The Bertz CT molecular complexity index is 612. The van der Waals surface area contributed by atoms with Gasteiger partial charge in [-0.15, -0.1) is 0 Å². The maximum atomic E-state index is 10.7. The van der Waals surface area contributed by atoms with Crippen molar-refractivity contribution in [3.63, 3.8) is 0 Å². The molecule has 1 aliphatic rings. The van der Waals surface area contributed by atoms with Gasteiger partial charge in [-0.1, -0.05) is 30.4 Å². The van der Waals surface area contributed by atoms with E-state index < -0.39 is 5.97 Å². The van der Waals surface area contributed by atoms with Crippen LogP contribution in [0.2, 0.25) is 0 Å². The Kier molecular flexibility index (Phi) is 4.58. The van der Waals surface area contributed by atoms with Crippen LogP contribution in [0, 0.1) is 5.92 Å². The molecule has 21 heavy (non-hydrogen) atoms. The Morgan fingerprint density at radius 2 is 2.05 bits per heavy atom. The quantitative estimate of drug-likeness (QED) is 0.682. The molecule has 1 aromatic rings. The van der Waals surface area contributed by atoms with E-state index in [0.29, 0.717) is 5.92 Å². The number of allylic oxidation sites excluding steroid dienone is 3. The molecule has 1 aromatic carbocycles. The number of rotatable bonds is 4. The van der Waals surface area contributed by atoms with Crippen molar-refractivity contribution in [3.05, 3.63) is 53.6 Å². The zero-order valence-corrected chi connectivity index (χ0v) is 12.3. The van der Waals surface area contributed by atoms with E-state index >= 15 is 0 Å². The van der Waals surface area contributed by atoms with Crippen molar-refractivity contribution < 1.29 is 9.90 Å². The van der Waals surface area contributed by atoms with E-state index in [9.17, 15) is 9.90 Å². The van der Waals surface area contributed by atoms with E-state index in [0.717, 1.165) is 24.2 Å². The fraction of sp³-hybridized carbons (Fsp3) is 0.294. The van der Waals surface area contributed by atoms with Crippen LogP contribution < -0.4 is 10.5 Å². The zero-order chi connectivity index (χ0) is 15.4. The molecule has 110 valence electrons. The first-order valence-corrected chi connectivity index (χ1v) is 6.94. The minimum absolute atomic E-state index is 0.157. The number of aromatic carboxylic acids is 1. The monoisotopic (exact) mass is 283 g/mol.